The first-order chi connectivity index (χ1) is 12.5. The number of ether oxygens (including phenoxy) is 2. The van der Waals surface area contributed by atoms with Crippen LogP contribution >= 0.6 is 11.6 Å². The molecule has 0 aliphatic carbocycles. The molecule has 0 bridgehead atoms. The molecular weight excluding hydrogens is 354 g/mol. The summed E-state index contributed by atoms with van der Waals surface area (Å²) in [6.07, 6.45) is 0.948. The van der Waals surface area contributed by atoms with Crippen LogP contribution in [0.1, 0.15) is 13.8 Å². The third-order valence-electron chi connectivity index (χ3n) is 3.54. The molecule has 0 fully saturated rings. The maximum absolute atomic E-state index is 11.7. The van der Waals surface area contributed by atoms with Crippen molar-refractivity contribution in [1.82, 2.24) is 9.97 Å². The summed E-state index contributed by atoms with van der Waals surface area (Å²) in [7, 11) is 0. The minimum atomic E-state index is -0.685. The zero-order chi connectivity index (χ0) is 18.5. The van der Waals surface area contributed by atoms with Gasteiger partial charge in [-0.1, -0.05) is 17.7 Å². The molecule has 7 heteroatoms. The van der Waals surface area contributed by atoms with Gasteiger partial charge in [-0.25, -0.2) is 9.78 Å². The quantitative estimate of drug-likeness (QED) is 0.649. The Morgan fingerprint density at radius 1 is 1.23 bits per heavy atom. The van der Waals surface area contributed by atoms with Gasteiger partial charge in [-0.2, -0.15) is 0 Å². The van der Waals surface area contributed by atoms with Crippen LogP contribution in [0, 0.1) is 0 Å². The Bertz CT molecular complexity index is 933. The predicted molar refractivity (Wildman–Crippen MR) is 101 cm³/mol. The number of rotatable bonds is 6. The smallest absolute Gasteiger partial charge is 0.347 e. The molecule has 134 valence electrons. The summed E-state index contributed by atoms with van der Waals surface area (Å²) in [5.41, 5.74) is 2.23. The number of nitrogens with one attached hydrogen (secondary N) is 1. The molecule has 0 spiro atoms. The number of hydrogen-bond acceptors (Lipinski definition) is 6. The first-order valence-electron chi connectivity index (χ1n) is 8.18. The highest BCUT2D eigenvalue weighted by Gasteiger charge is 2.15. The molecule has 0 amide bonds. The second-order valence-electron chi connectivity index (χ2n) is 5.55. The first kappa shape index (κ1) is 17.9. The number of nitrogens with zero attached hydrogens (tertiary/aromatic N) is 2. The van der Waals surface area contributed by atoms with Crippen LogP contribution in [-0.4, -0.2) is 28.6 Å². The number of aromatic nitrogens is 2. The lowest BCUT2D eigenvalue weighted by atomic mass is 10.3. The fourth-order valence-corrected chi connectivity index (χ4v) is 2.52. The lowest BCUT2D eigenvalue weighted by Gasteiger charge is -2.14. The number of anilines is 2. The van der Waals surface area contributed by atoms with E-state index in [1.165, 1.54) is 0 Å². The van der Waals surface area contributed by atoms with E-state index in [2.05, 4.69) is 15.3 Å². The zero-order valence-corrected chi connectivity index (χ0v) is 15.2. The molecule has 1 N–H and O–H groups in total. The number of benzene rings is 2. The molecule has 26 heavy (non-hydrogen) atoms. The van der Waals surface area contributed by atoms with Crippen LogP contribution in [0.5, 0.6) is 5.75 Å². The molecule has 6 nitrogen and oxygen atoms in total. The number of hydrogen-bond donors (Lipinski definition) is 1. The summed E-state index contributed by atoms with van der Waals surface area (Å²) in [5, 5.41) is 3.79. The SMILES string of the molecule is CCOC(=O)C(C)Oc1cccc(Nc2cnc3cc(Cl)ccc3n2)c1. The highest BCUT2D eigenvalue weighted by molar-refractivity contribution is 6.31. The van der Waals surface area contributed by atoms with Crippen molar-refractivity contribution in [2.45, 2.75) is 20.0 Å². The van der Waals surface area contributed by atoms with Crippen LogP contribution in [0.25, 0.3) is 11.0 Å². The van der Waals surface area contributed by atoms with Gasteiger partial charge in [-0.05, 0) is 44.2 Å². The monoisotopic (exact) mass is 371 g/mol. The van der Waals surface area contributed by atoms with Gasteiger partial charge in [0.1, 0.15) is 11.6 Å². The molecule has 3 aromatic rings. The topological polar surface area (TPSA) is 73.3 Å². The van der Waals surface area contributed by atoms with Gasteiger partial charge in [-0.3, -0.25) is 4.98 Å². The highest BCUT2D eigenvalue weighted by Crippen LogP contribution is 2.23. The van der Waals surface area contributed by atoms with Crippen molar-refractivity contribution in [1.29, 1.82) is 0 Å². The van der Waals surface area contributed by atoms with Crippen molar-refractivity contribution in [2.24, 2.45) is 0 Å². The van der Waals surface area contributed by atoms with E-state index in [0.29, 0.717) is 23.2 Å². The van der Waals surface area contributed by atoms with E-state index in [-0.39, 0.29) is 0 Å². The van der Waals surface area contributed by atoms with Gasteiger partial charge in [0.25, 0.3) is 0 Å². The zero-order valence-electron chi connectivity index (χ0n) is 14.4. The first-order valence-corrected chi connectivity index (χ1v) is 8.55. The molecule has 0 aliphatic rings. The summed E-state index contributed by atoms with van der Waals surface area (Å²) in [4.78, 5) is 20.5. The Kier molecular flexibility index (Phi) is 5.53. The Balaban J connectivity index is 1.74. The largest absolute Gasteiger partial charge is 0.479 e. The molecule has 1 heterocycles. The molecule has 1 aromatic heterocycles. The van der Waals surface area contributed by atoms with Crippen molar-refractivity contribution < 1.29 is 14.3 Å². The summed E-state index contributed by atoms with van der Waals surface area (Å²) < 4.78 is 10.6. The van der Waals surface area contributed by atoms with Crippen LogP contribution in [0.4, 0.5) is 11.5 Å². The second kappa shape index (κ2) is 8.01. The molecule has 0 saturated heterocycles. The maximum atomic E-state index is 11.7. The van der Waals surface area contributed by atoms with E-state index in [0.717, 1.165) is 16.7 Å². The third kappa shape index (κ3) is 4.40. The predicted octanol–water partition coefficient (Wildman–Crippen LogP) is 4.36. The molecule has 0 radical (unpaired) electrons. The van der Waals surface area contributed by atoms with Crippen molar-refractivity contribution in [2.75, 3.05) is 11.9 Å². The summed E-state index contributed by atoms with van der Waals surface area (Å²) in [6.45, 7) is 3.73. The number of fused-ring (bicyclic) bond motifs is 1. The minimum absolute atomic E-state index is 0.319. The Morgan fingerprint density at radius 3 is 2.88 bits per heavy atom. The summed E-state index contributed by atoms with van der Waals surface area (Å²) in [5.74, 6) is 0.747. The lowest BCUT2D eigenvalue weighted by Crippen LogP contribution is -2.26. The number of esters is 1. The Hall–Kier alpha value is -2.86. The average Bonchev–Trinajstić information content (AvgIpc) is 2.62. The minimum Gasteiger partial charge on any atom is -0.479 e. The van der Waals surface area contributed by atoms with Crippen LogP contribution in [0.15, 0.2) is 48.7 Å². The van der Waals surface area contributed by atoms with Crippen LogP contribution in [0.3, 0.4) is 0 Å². The molecule has 2 aromatic carbocycles. The van der Waals surface area contributed by atoms with Gasteiger partial charge in [-0.15, -0.1) is 0 Å². The van der Waals surface area contributed by atoms with Crippen molar-refractivity contribution in [3.63, 3.8) is 0 Å². The fraction of sp³-hybridized carbons (Fsp3) is 0.211. The average molecular weight is 372 g/mol. The van der Waals surface area contributed by atoms with Crippen molar-refractivity contribution >= 4 is 40.1 Å². The Morgan fingerprint density at radius 2 is 2.08 bits per heavy atom. The van der Waals surface area contributed by atoms with Gasteiger partial charge in [0, 0.05) is 16.8 Å². The molecule has 1 atom stereocenters. The summed E-state index contributed by atoms with van der Waals surface area (Å²) in [6, 6.07) is 12.6. The second-order valence-corrected chi connectivity index (χ2v) is 5.99. The van der Waals surface area contributed by atoms with Gasteiger partial charge >= 0.3 is 5.97 Å². The van der Waals surface area contributed by atoms with Gasteiger partial charge in [0.2, 0.25) is 0 Å². The van der Waals surface area contributed by atoms with E-state index < -0.39 is 12.1 Å². The van der Waals surface area contributed by atoms with E-state index in [1.807, 2.05) is 18.2 Å². The normalized spacial score (nSPS) is 11.8. The molecule has 0 aliphatic heterocycles. The fourth-order valence-electron chi connectivity index (χ4n) is 2.35. The van der Waals surface area contributed by atoms with Crippen molar-refractivity contribution in [3.05, 3.63) is 53.7 Å². The Labute approximate surface area is 156 Å². The van der Waals surface area contributed by atoms with Crippen LogP contribution in [0.2, 0.25) is 5.02 Å². The highest BCUT2D eigenvalue weighted by atomic mass is 35.5. The van der Waals surface area contributed by atoms with Gasteiger partial charge in [0.15, 0.2) is 6.10 Å². The molecule has 1 unspecified atom stereocenters. The maximum Gasteiger partial charge on any atom is 0.347 e. The van der Waals surface area contributed by atoms with E-state index in [9.17, 15) is 4.79 Å². The standard InChI is InChI=1S/C19H18ClN3O3/c1-3-25-19(24)12(2)26-15-6-4-5-14(10-15)22-18-11-21-17-9-13(20)7-8-16(17)23-18/h4-12H,3H2,1-2H3,(H,22,23). The van der Waals surface area contributed by atoms with Crippen LogP contribution in [-0.2, 0) is 9.53 Å². The molecule has 0 saturated carbocycles. The van der Waals surface area contributed by atoms with Crippen molar-refractivity contribution in [3.8, 4) is 5.75 Å². The number of carbonyl (C=O) groups is 1. The lowest BCUT2D eigenvalue weighted by molar-refractivity contribution is -0.150. The number of carbonyl (C=O) groups excluding carboxylic acids is 1. The molecular formula is C19H18ClN3O3. The van der Waals surface area contributed by atoms with E-state index in [1.54, 1.807) is 44.3 Å². The van der Waals surface area contributed by atoms with Gasteiger partial charge < -0.3 is 14.8 Å². The third-order valence-corrected chi connectivity index (χ3v) is 3.78. The number of halogens is 1. The molecule has 3 rings (SSSR count). The van der Waals surface area contributed by atoms with Crippen LogP contribution < -0.4 is 10.1 Å². The van der Waals surface area contributed by atoms with E-state index in [4.69, 9.17) is 21.1 Å². The van der Waals surface area contributed by atoms with Gasteiger partial charge in [0.05, 0.1) is 23.8 Å². The summed E-state index contributed by atoms with van der Waals surface area (Å²) >= 11 is 5.96. The van der Waals surface area contributed by atoms with E-state index >= 15 is 0 Å².